The van der Waals surface area contributed by atoms with Gasteiger partial charge in [0.25, 0.3) is 0 Å². The molecule has 0 bridgehead atoms. The summed E-state index contributed by atoms with van der Waals surface area (Å²) in [5.41, 5.74) is 0.0453. The Hall–Kier alpha value is -0.990. The van der Waals surface area contributed by atoms with Crippen molar-refractivity contribution in [2.24, 2.45) is 5.41 Å². The number of ether oxygens (including phenoxy) is 1. The van der Waals surface area contributed by atoms with E-state index >= 15 is 0 Å². The lowest BCUT2D eigenvalue weighted by atomic mass is 9.87. The van der Waals surface area contributed by atoms with Crippen molar-refractivity contribution < 1.29 is 9.53 Å². The molecule has 0 saturated carbocycles. The molecular formula is C10H19NO2. The van der Waals surface area contributed by atoms with E-state index in [2.05, 4.69) is 32.7 Å². The number of rotatable bonds is 4. The first-order valence-corrected chi connectivity index (χ1v) is 4.38. The maximum atomic E-state index is 10.6. The van der Waals surface area contributed by atoms with Crippen LogP contribution in [0.2, 0.25) is 0 Å². The van der Waals surface area contributed by atoms with Gasteiger partial charge in [0, 0.05) is 6.92 Å². The summed E-state index contributed by atoms with van der Waals surface area (Å²) in [6.45, 7) is 11.6. The van der Waals surface area contributed by atoms with Gasteiger partial charge in [0.2, 0.25) is 0 Å². The number of carbonyl (C=O) groups excluding carboxylic acids is 1. The molecule has 0 aromatic carbocycles. The second kappa shape index (κ2) is 4.90. The lowest BCUT2D eigenvalue weighted by molar-refractivity contribution is -0.142. The third kappa shape index (κ3) is 5.28. The Morgan fingerprint density at radius 1 is 1.62 bits per heavy atom. The minimum atomic E-state index is -0.250. The fraction of sp³-hybridized carbons (Fsp3) is 0.700. The molecule has 0 spiro atoms. The van der Waals surface area contributed by atoms with Crippen LogP contribution in [0.25, 0.3) is 0 Å². The third-order valence-corrected chi connectivity index (χ3v) is 1.82. The third-order valence-electron chi connectivity index (χ3n) is 1.82. The van der Waals surface area contributed by atoms with Crippen molar-refractivity contribution >= 4 is 5.97 Å². The Morgan fingerprint density at radius 2 is 2.15 bits per heavy atom. The lowest BCUT2D eigenvalue weighted by Crippen LogP contribution is -2.41. The van der Waals surface area contributed by atoms with Crippen molar-refractivity contribution in [3.63, 3.8) is 0 Å². The number of nitrogens with one attached hydrogen (secondary N) is 1. The Labute approximate surface area is 80.2 Å². The standard InChI is InChI=1S/C10H19NO2/c1-6-11-9(10(3,4)5)7-13-8(2)12/h6,9,11H,1,7H2,2-5H3/t9-/m1/s1. The van der Waals surface area contributed by atoms with Crippen LogP contribution < -0.4 is 5.32 Å². The highest BCUT2D eigenvalue weighted by Crippen LogP contribution is 2.19. The van der Waals surface area contributed by atoms with Gasteiger partial charge in [-0.15, -0.1) is 0 Å². The van der Waals surface area contributed by atoms with E-state index in [0.29, 0.717) is 6.61 Å². The molecule has 0 fully saturated rings. The van der Waals surface area contributed by atoms with Crippen molar-refractivity contribution in [3.8, 4) is 0 Å². The molecule has 0 radical (unpaired) electrons. The van der Waals surface area contributed by atoms with E-state index in [4.69, 9.17) is 4.74 Å². The Balaban J connectivity index is 4.10. The average Bonchev–Trinajstić information content (AvgIpc) is 1.95. The van der Waals surface area contributed by atoms with Gasteiger partial charge in [0.15, 0.2) is 0 Å². The fourth-order valence-corrected chi connectivity index (χ4v) is 0.891. The van der Waals surface area contributed by atoms with Gasteiger partial charge in [-0.1, -0.05) is 27.4 Å². The number of esters is 1. The monoisotopic (exact) mass is 185 g/mol. The molecule has 0 aliphatic rings. The van der Waals surface area contributed by atoms with Crippen LogP contribution >= 0.6 is 0 Å². The minimum absolute atomic E-state index is 0.0453. The van der Waals surface area contributed by atoms with Gasteiger partial charge in [0.1, 0.15) is 6.61 Å². The molecule has 3 nitrogen and oxygen atoms in total. The van der Waals surface area contributed by atoms with Gasteiger partial charge in [-0.25, -0.2) is 0 Å². The normalized spacial score (nSPS) is 13.2. The van der Waals surface area contributed by atoms with Crippen LogP contribution in [-0.2, 0) is 9.53 Å². The van der Waals surface area contributed by atoms with Crippen LogP contribution in [0.1, 0.15) is 27.7 Å². The topological polar surface area (TPSA) is 38.3 Å². The van der Waals surface area contributed by atoms with Gasteiger partial charge in [-0.3, -0.25) is 4.79 Å². The highest BCUT2D eigenvalue weighted by atomic mass is 16.5. The van der Waals surface area contributed by atoms with Crippen LogP contribution in [0.15, 0.2) is 12.8 Å². The first-order valence-electron chi connectivity index (χ1n) is 4.38. The number of carbonyl (C=O) groups is 1. The number of hydrogen-bond acceptors (Lipinski definition) is 3. The average molecular weight is 185 g/mol. The number of hydrogen-bond donors (Lipinski definition) is 1. The van der Waals surface area contributed by atoms with Crippen LogP contribution in [-0.4, -0.2) is 18.6 Å². The van der Waals surface area contributed by atoms with Crippen molar-refractivity contribution in [1.82, 2.24) is 5.32 Å². The van der Waals surface area contributed by atoms with E-state index in [1.165, 1.54) is 6.92 Å². The molecule has 0 aliphatic heterocycles. The second-order valence-electron chi connectivity index (χ2n) is 4.09. The molecule has 0 aromatic rings. The second-order valence-corrected chi connectivity index (χ2v) is 4.09. The summed E-state index contributed by atoms with van der Waals surface area (Å²) >= 11 is 0. The molecular weight excluding hydrogens is 166 g/mol. The molecule has 1 N–H and O–H groups in total. The lowest BCUT2D eigenvalue weighted by Gasteiger charge is -2.30. The van der Waals surface area contributed by atoms with Gasteiger partial charge in [0.05, 0.1) is 6.04 Å². The largest absolute Gasteiger partial charge is 0.464 e. The van der Waals surface area contributed by atoms with Crippen LogP contribution in [0, 0.1) is 5.41 Å². The maximum absolute atomic E-state index is 10.6. The zero-order valence-corrected chi connectivity index (χ0v) is 8.89. The van der Waals surface area contributed by atoms with Gasteiger partial charge in [-0.05, 0) is 11.6 Å². The quantitative estimate of drug-likeness (QED) is 0.677. The summed E-state index contributed by atoms with van der Waals surface area (Å²) in [5, 5.41) is 3.06. The van der Waals surface area contributed by atoms with Crippen LogP contribution in [0.5, 0.6) is 0 Å². The van der Waals surface area contributed by atoms with Gasteiger partial charge >= 0.3 is 5.97 Å². The van der Waals surface area contributed by atoms with Crippen molar-refractivity contribution in [3.05, 3.63) is 12.8 Å². The van der Waals surface area contributed by atoms with Crippen molar-refractivity contribution in [1.29, 1.82) is 0 Å². The molecule has 3 heteroatoms. The maximum Gasteiger partial charge on any atom is 0.302 e. The molecule has 76 valence electrons. The summed E-state index contributed by atoms with van der Waals surface area (Å²) < 4.78 is 4.93. The molecule has 0 unspecified atom stereocenters. The molecule has 13 heavy (non-hydrogen) atoms. The summed E-state index contributed by atoms with van der Waals surface area (Å²) in [7, 11) is 0. The van der Waals surface area contributed by atoms with Crippen LogP contribution in [0.3, 0.4) is 0 Å². The molecule has 0 aromatic heterocycles. The van der Waals surface area contributed by atoms with Gasteiger partial charge in [-0.2, -0.15) is 0 Å². The zero-order valence-electron chi connectivity index (χ0n) is 8.89. The van der Waals surface area contributed by atoms with E-state index in [0.717, 1.165) is 0 Å². The van der Waals surface area contributed by atoms with E-state index in [1.807, 2.05) is 0 Å². The summed E-state index contributed by atoms with van der Waals surface area (Å²) in [5.74, 6) is -0.250. The SMILES string of the molecule is C=CN[C@H](COC(C)=O)C(C)(C)C. The zero-order chi connectivity index (χ0) is 10.5. The fourth-order valence-electron chi connectivity index (χ4n) is 0.891. The van der Waals surface area contributed by atoms with E-state index < -0.39 is 0 Å². The predicted molar refractivity (Wildman–Crippen MR) is 53.2 cm³/mol. The Bertz CT molecular complexity index is 182. The highest BCUT2D eigenvalue weighted by molar-refractivity contribution is 5.65. The van der Waals surface area contributed by atoms with E-state index in [-0.39, 0.29) is 17.4 Å². The first kappa shape index (κ1) is 12.0. The van der Waals surface area contributed by atoms with Crippen molar-refractivity contribution in [2.75, 3.05) is 6.61 Å². The Morgan fingerprint density at radius 3 is 2.46 bits per heavy atom. The smallest absolute Gasteiger partial charge is 0.302 e. The molecule has 0 saturated heterocycles. The predicted octanol–water partition coefficient (Wildman–Crippen LogP) is 1.70. The minimum Gasteiger partial charge on any atom is -0.464 e. The highest BCUT2D eigenvalue weighted by Gasteiger charge is 2.24. The van der Waals surface area contributed by atoms with Crippen LogP contribution in [0.4, 0.5) is 0 Å². The molecule has 0 aliphatic carbocycles. The Kier molecular flexibility index (Phi) is 4.52. The molecule has 0 rings (SSSR count). The molecule has 1 atom stereocenters. The van der Waals surface area contributed by atoms with Gasteiger partial charge < -0.3 is 10.1 Å². The van der Waals surface area contributed by atoms with Crippen molar-refractivity contribution in [2.45, 2.75) is 33.7 Å². The molecule has 0 amide bonds. The molecule has 0 heterocycles. The summed E-state index contributed by atoms with van der Waals surface area (Å²) in [6, 6.07) is 0.105. The summed E-state index contributed by atoms with van der Waals surface area (Å²) in [4.78, 5) is 10.6. The van der Waals surface area contributed by atoms with E-state index in [9.17, 15) is 4.79 Å². The first-order chi connectivity index (χ1) is 5.88. The van der Waals surface area contributed by atoms with E-state index in [1.54, 1.807) is 6.20 Å². The summed E-state index contributed by atoms with van der Waals surface area (Å²) in [6.07, 6.45) is 1.62.